The molecule has 0 bridgehead atoms. The third-order valence-corrected chi connectivity index (χ3v) is 5.80. The van der Waals surface area contributed by atoms with Gasteiger partial charge < -0.3 is 4.90 Å². The van der Waals surface area contributed by atoms with E-state index in [0.29, 0.717) is 29.2 Å². The molecule has 6 heteroatoms. The Morgan fingerprint density at radius 3 is 2.50 bits per heavy atom. The Labute approximate surface area is 191 Å². The minimum absolute atomic E-state index is 0.0963. The predicted octanol–water partition coefficient (Wildman–Crippen LogP) is 4.97. The third kappa shape index (κ3) is 4.90. The Balaban J connectivity index is 1.71. The third-order valence-electron chi connectivity index (χ3n) is 5.57. The first kappa shape index (κ1) is 21.8. The molecule has 3 aromatic rings. The zero-order valence-corrected chi connectivity index (χ0v) is 18.2. The van der Waals surface area contributed by atoms with Gasteiger partial charge in [-0.05, 0) is 65.4 Å². The maximum Gasteiger partial charge on any atom is 0.274 e. The molecule has 0 fully saturated rings. The molecule has 1 aliphatic rings. The Bertz CT molecular complexity index is 1170. The van der Waals surface area contributed by atoms with E-state index in [-0.39, 0.29) is 5.91 Å². The van der Waals surface area contributed by atoms with Crippen molar-refractivity contribution >= 4 is 35.1 Å². The first-order chi connectivity index (χ1) is 15.5. The second-order valence-corrected chi connectivity index (χ2v) is 8.17. The maximum absolute atomic E-state index is 13.7. The van der Waals surface area contributed by atoms with Gasteiger partial charge in [0.25, 0.3) is 11.8 Å². The van der Waals surface area contributed by atoms with Crippen LogP contribution in [0, 0.1) is 0 Å². The molecule has 0 radical (unpaired) electrons. The minimum atomic E-state index is -0.571. The molecule has 0 saturated carbocycles. The fourth-order valence-electron chi connectivity index (χ4n) is 3.95. The van der Waals surface area contributed by atoms with E-state index in [2.05, 4.69) is 0 Å². The molecule has 0 aromatic heterocycles. The zero-order valence-electron chi connectivity index (χ0n) is 17.4. The molecule has 0 spiro atoms. The fourth-order valence-corrected chi connectivity index (χ4v) is 4.14. The predicted molar refractivity (Wildman–Crippen MR) is 125 cm³/mol. The Morgan fingerprint density at radius 2 is 1.75 bits per heavy atom. The molecule has 3 aromatic carbocycles. The van der Waals surface area contributed by atoms with Crippen LogP contribution in [0.1, 0.15) is 39.0 Å². The molecule has 162 valence electrons. The maximum atomic E-state index is 13.7. The lowest BCUT2D eigenvalue weighted by molar-refractivity contribution is -0.125. The summed E-state index contributed by atoms with van der Waals surface area (Å²) in [5, 5.41) is 9.53. The lowest BCUT2D eigenvalue weighted by Crippen LogP contribution is -2.31. The minimum Gasteiger partial charge on any atom is -0.334 e. The summed E-state index contributed by atoms with van der Waals surface area (Å²) in [6, 6.07) is 22.3. The van der Waals surface area contributed by atoms with Gasteiger partial charge in [0.1, 0.15) is 0 Å². The molecule has 2 amide bonds. The second-order valence-electron chi connectivity index (χ2n) is 7.73. The van der Waals surface area contributed by atoms with Crippen molar-refractivity contribution in [1.82, 2.24) is 10.4 Å². The number of hydrogen-bond acceptors (Lipinski definition) is 3. The van der Waals surface area contributed by atoms with E-state index in [1.54, 1.807) is 29.7 Å². The summed E-state index contributed by atoms with van der Waals surface area (Å²) in [4.78, 5) is 27.4. The number of amides is 2. The monoisotopic (exact) mass is 446 g/mol. The largest absolute Gasteiger partial charge is 0.334 e. The SMILES string of the molecule is O=C(NO)c1ccc2c(c1)CN(C(=O)C(=Cc1ccccc1)c1cccc(Cl)c1)CCC2. The number of benzene rings is 3. The Morgan fingerprint density at radius 1 is 0.938 bits per heavy atom. The number of aryl methyl sites for hydroxylation is 1. The average molecular weight is 447 g/mol. The summed E-state index contributed by atoms with van der Waals surface area (Å²) < 4.78 is 0. The number of rotatable bonds is 4. The van der Waals surface area contributed by atoms with Crippen LogP contribution in [0.3, 0.4) is 0 Å². The van der Waals surface area contributed by atoms with Crippen LogP contribution in [-0.2, 0) is 17.8 Å². The van der Waals surface area contributed by atoms with Crippen molar-refractivity contribution in [3.05, 3.63) is 106 Å². The smallest absolute Gasteiger partial charge is 0.274 e. The van der Waals surface area contributed by atoms with Gasteiger partial charge in [0.2, 0.25) is 0 Å². The number of nitrogens with zero attached hydrogens (tertiary/aromatic N) is 1. The van der Waals surface area contributed by atoms with Gasteiger partial charge in [0, 0.05) is 29.2 Å². The fraction of sp³-hybridized carbons (Fsp3) is 0.154. The first-order valence-electron chi connectivity index (χ1n) is 10.4. The van der Waals surface area contributed by atoms with Gasteiger partial charge in [-0.15, -0.1) is 0 Å². The molecule has 5 nitrogen and oxygen atoms in total. The van der Waals surface area contributed by atoms with Gasteiger partial charge in [-0.3, -0.25) is 14.8 Å². The summed E-state index contributed by atoms with van der Waals surface area (Å²) in [6.07, 6.45) is 3.52. The van der Waals surface area contributed by atoms with Crippen LogP contribution in [-0.4, -0.2) is 28.5 Å². The molecule has 4 rings (SSSR count). The van der Waals surface area contributed by atoms with Crippen molar-refractivity contribution in [1.29, 1.82) is 0 Å². The molecule has 0 atom stereocenters. The van der Waals surface area contributed by atoms with Gasteiger partial charge in [0.05, 0.1) is 0 Å². The first-order valence-corrected chi connectivity index (χ1v) is 10.8. The van der Waals surface area contributed by atoms with Crippen molar-refractivity contribution in [2.75, 3.05) is 6.54 Å². The van der Waals surface area contributed by atoms with Crippen LogP contribution in [0.4, 0.5) is 0 Å². The van der Waals surface area contributed by atoms with Crippen molar-refractivity contribution in [2.24, 2.45) is 0 Å². The number of nitrogens with one attached hydrogen (secondary N) is 1. The molecule has 0 unspecified atom stereocenters. The number of hydroxylamine groups is 1. The van der Waals surface area contributed by atoms with E-state index in [1.807, 2.05) is 59.5 Å². The van der Waals surface area contributed by atoms with Crippen LogP contribution < -0.4 is 5.48 Å². The highest BCUT2D eigenvalue weighted by Crippen LogP contribution is 2.27. The molecule has 1 heterocycles. The number of hydrogen-bond donors (Lipinski definition) is 2. The molecule has 0 saturated heterocycles. The second kappa shape index (κ2) is 9.81. The van der Waals surface area contributed by atoms with Crippen molar-refractivity contribution in [2.45, 2.75) is 19.4 Å². The number of carbonyl (C=O) groups excluding carboxylic acids is 2. The standard InChI is InChI=1S/C26H23ClN2O3/c27-23-10-4-8-20(16-23)24(14-18-6-2-1-3-7-18)26(31)29-13-5-9-19-11-12-21(25(30)28-32)15-22(19)17-29/h1-4,6-8,10-12,14-16,32H,5,9,13,17H2,(H,28,30). The van der Waals surface area contributed by atoms with Crippen molar-refractivity contribution in [3.8, 4) is 0 Å². The van der Waals surface area contributed by atoms with E-state index in [9.17, 15) is 9.59 Å². The number of halogens is 1. The molecule has 0 aliphatic carbocycles. The van der Waals surface area contributed by atoms with E-state index < -0.39 is 5.91 Å². The van der Waals surface area contributed by atoms with Crippen LogP contribution in [0.25, 0.3) is 11.6 Å². The normalized spacial score (nSPS) is 13.8. The highest BCUT2D eigenvalue weighted by Gasteiger charge is 2.24. The summed E-state index contributed by atoms with van der Waals surface area (Å²) in [5.41, 5.74) is 6.27. The molecular formula is C26H23ClN2O3. The highest BCUT2D eigenvalue weighted by molar-refractivity contribution is 6.31. The van der Waals surface area contributed by atoms with E-state index >= 15 is 0 Å². The highest BCUT2D eigenvalue weighted by atomic mass is 35.5. The summed E-state index contributed by atoms with van der Waals surface area (Å²) >= 11 is 6.23. The lowest BCUT2D eigenvalue weighted by atomic mass is 10.00. The van der Waals surface area contributed by atoms with Gasteiger partial charge in [0.15, 0.2) is 0 Å². The van der Waals surface area contributed by atoms with Gasteiger partial charge in [-0.1, -0.05) is 60.1 Å². The Kier molecular flexibility index (Phi) is 6.69. The molecule has 1 aliphatic heterocycles. The van der Waals surface area contributed by atoms with Crippen LogP contribution >= 0.6 is 11.6 Å². The summed E-state index contributed by atoms with van der Waals surface area (Å²) in [5.74, 6) is -0.667. The average Bonchev–Trinajstić information content (AvgIpc) is 3.04. The molecular weight excluding hydrogens is 424 g/mol. The van der Waals surface area contributed by atoms with Crippen LogP contribution in [0.15, 0.2) is 72.8 Å². The summed E-state index contributed by atoms with van der Waals surface area (Å²) in [6.45, 7) is 0.981. The van der Waals surface area contributed by atoms with E-state index in [0.717, 1.165) is 35.1 Å². The topological polar surface area (TPSA) is 69.6 Å². The van der Waals surface area contributed by atoms with Crippen LogP contribution in [0.2, 0.25) is 5.02 Å². The van der Waals surface area contributed by atoms with Gasteiger partial charge in [-0.2, -0.15) is 0 Å². The van der Waals surface area contributed by atoms with Crippen LogP contribution in [0.5, 0.6) is 0 Å². The van der Waals surface area contributed by atoms with E-state index in [4.69, 9.17) is 16.8 Å². The molecule has 2 N–H and O–H groups in total. The number of carbonyl (C=O) groups is 2. The zero-order chi connectivity index (χ0) is 22.5. The van der Waals surface area contributed by atoms with Gasteiger partial charge >= 0.3 is 0 Å². The Hall–Kier alpha value is -3.41. The number of fused-ring (bicyclic) bond motifs is 1. The van der Waals surface area contributed by atoms with Gasteiger partial charge in [-0.25, -0.2) is 5.48 Å². The summed E-state index contributed by atoms with van der Waals surface area (Å²) in [7, 11) is 0. The quantitative estimate of drug-likeness (QED) is 0.257. The van der Waals surface area contributed by atoms with E-state index in [1.165, 1.54) is 0 Å². The lowest BCUT2D eigenvalue weighted by Gasteiger charge is -2.23. The van der Waals surface area contributed by atoms with Crippen molar-refractivity contribution < 1.29 is 14.8 Å². The molecule has 32 heavy (non-hydrogen) atoms. The van der Waals surface area contributed by atoms with Crippen molar-refractivity contribution in [3.63, 3.8) is 0 Å².